The highest BCUT2D eigenvalue weighted by Crippen LogP contribution is 2.14. The van der Waals surface area contributed by atoms with Gasteiger partial charge >= 0.3 is 5.97 Å². The quantitative estimate of drug-likeness (QED) is 0.654. The molecule has 2 rings (SSSR count). The van der Waals surface area contributed by atoms with Gasteiger partial charge in [-0.1, -0.05) is 29.8 Å². The maximum absolute atomic E-state index is 11.7. The summed E-state index contributed by atoms with van der Waals surface area (Å²) in [5.41, 5.74) is 2.64. The second-order valence-electron chi connectivity index (χ2n) is 5.13. The van der Waals surface area contributed by atoms with Gasteiger partial charge in [0.2, 0.25) is 0 Å². The molecule has 1 amide bonds. The second kappa shape index (κ2) is 8.53. The number of hydrogen-bond donors (Lipinski definition) is 1. The van der Waals surface area contributed by atoms with E-state index < -0.39 is 11.9 Å². The van der Waals surface area contributed by atoms with E-state index >= 15 is 0 Å². The van der Waals surface area contributed by atoms with Gasteiger partial charge in [0.25, 0.3) is 5.91 Å². The van der Waals surface area contributed by atoms with Crippen molar-refractivity contribution in [2.45, 2.75) is 6.92 Å². The lowest BCUT2D eigenvalue weighted by molar-refractivity contribution is -0.142. The second-order valence-corrected chi connectivity index (χ2v) is 5.13. The normalized spacial score (nSPS) is 10.4. The van der Waals surface area contributed by atoms with Crippen LogP contribution in [0.2, 0.25) is 0 Å². The number of aryl methyl sites for hydroxylation is 1. The van der Waals surface area contributed by atoms with Crippen molar-refractivity contribution in [3.05, 3.63) is 65.7 Å². The fraction of sp³-hybridized carbons (Fsp3) is 0.158. The molecule has 24 heavy (non-hydrogen) atoms. The van der Waals surface area contributed by atoms with Crippen molar-refractivity contribution in [1.29, 1.82) is 0 Å². The Morgan fingerprint density at radius 3 is 2.33 bits per heavy atom. The minimum Gasteiger partial charge on any atom is -0.497 e. The first-order valence-corrected chi connectivity index (χ1v) is 7.42. The summed E-state index contributed by atoms with van der Waals surface area (Å²) in [5.74, 6) is -0.279. The molecule has 2 aromatic carbocycles. The summed E-state index contributed by atoms with van der Waals surface area (Å²) in [6.07, 6.45) is 2.94. The maximum atomic E-state index is 11.7. The number of amides is 1. The lowest BCUT2D eigenvalue weighted by atomic mass is 10.1. The van der Waals surface area contributed by atoms with Crippen LogP contribution in [0.3, 0.4) is 0 Å². The summed E-state index contributed by atoms with van der Waals surface area (Å²) in [4.78, 5) is 23.4. The Morgan fingerprint density at radius 2 is 1.71 bits per heavy atom. The third kappa shape index (κ3) is 5.61. The van der Waals surface area contributed by atoms with Crippen LogP contribution in [-0.2, 0) is 14.3 Å². The van der Waals surface area contributed by atoms with E-state index in [9.17, 15) is 9.59 Å². The van der Waals surface area contributed by atoms with Gasteiger partial charge in [-0.05, 0) is 42.8 Å². The highest BCUT2D eigenvalue weighted by Gasteiger charge is 2.05. The minimum absolute atomic E-state index is 0.344. The summed E-state index contributed by atoms with van der Waals surface area (Å²) >= 11 is 0. The number of methoxy groups -OCH3 is 1. The summed E-state index contributed by atoms with van der Waals surface area (Å²) in [6.45, 7) is 1.65. The average molecular weight is 325 g/mol. The number of anilines is 1. The smallest absolute Gasteiger partial charge is 0.331 e. The molecule has 0 saturated carbocycles. The van der Waals surface area contributed by atoms with E-state index in [1.54, 1.807) is 37.5 Å². The lowest BCUT2D eigenvalue weighted by Crippen LogP contribution is -2.20. The monoisotopic (exact) mass is 325 g/mol. The maximum Gasteiger partial charge on any atom is 0.331 e. The molecule has 0 radical (unpaired) electrons. The lowest BCUT2D eigenvalue weighted by Gasteiger charge is -2.06. The fourth-order valence-corrected chi connectivity index (χ4v) is 1.90. The fourth-order valence-electron chi connectivity index (χ4n) is 1.90. The molecule has 0 atom stereocenters. The van der Waals surface area contributed by atoms with Crippen LogP contribution in [0.1, 0.15) is 11.1 Å². The third-order valence-corrected chi connectivity index (χ3v) is 3.21. The molecule has 0 aliphatic heterocycles. The Morgan fingerprint density at radius 1 is 1.04 bits per heavy atom. The number of carbonyl (C=O) groups is 2. The first kappa shape index (κ1) is 17.3. The molecule has 1 N–H and O–H groups in total. The van der Waals surface area contributed by atoms with Crippen LogP contribution in [0.4, 0.5) is 5.69 Å². The van der Waals surface area contributed by atoms with Crippen molar-refractivity contribution in [3.63, 3.8) is 0 Å². The van der Waals surface area contributed by atoms with Crippen molar-refractivity contribution in [3.8, 4) is 5.75 Å². The number of hydrogen-bond acceptors (Lipinski definition) is 4. The first-order valence-electron chi connectivity index (χ1n) is 7.42. The number of carbonyl (C=O) groups excluding carboxylic acids is 2. The molecular weight excluding hydrogens is 306 g/mol. The highest BCUT2D eigenvalue weighted by molar-refractivity contribution is 5.94. The average Bonchev–Trinajstić information content (AvgIpc) is 2.60. The van der Waals surface area contributed by atoms with Gasteiger partial charge in [-0.2, -0.15) is 0 Å². The number of esters is 1. The zero-order chi connectivity index (χ0) is 17.4. The molecule has 0 bridgehead atoms. The Bertz CT molecular complexity index is 718. The van der Waals surface area contributed by atoms with Gasteiger partial charge in [-0.25, -0.2) is 4.79 Å². The van der Waals surface area contributed by atoms with Crippen LogP contribution in [0, 0.1) is 6.92 Å². The molecule has 0 aliphatic rings. The van der Waals surface area contributed by atoms with Gasteiger partial charge in [-0.3, -0.25) is 4.79 Å². The van der Waals surface area contributed by atoms with Crippen LogP contribution in [0.25, 0.3) is 6.08 Å². The number of ether oxygens (including phenoxy) is 2. The van der Waals surface area contributed by atoms with E-state index in [1.807, 2.05) is 31.2 Å². The molecule has 0 unspecified atom stereocenters. The summed E-state index contributed by atoms with van der Waals surface area (Å²) in [5, 5.41) is 2.63. The van der Waals surface area contributed by atoms with Crippen molar-refractivity contribution >= 4 is 23.6 Å². The molecule has 5 heteroatoms. The van der Waals surface area contributed by atoms with E-state index in [1.165, 1.54) is 6.08 Å². The topological polar surface area (TPSA) is 64.6 Å². The SMILES string of the molecule is COc1ccc(NC(=O)COC(=O)C=Cc2ccc(C)cc2)cc1. The summed E-state index contributed by atoms with van der Waals surface area (Å²) in [6, 6.07) is 14.6. The highest BCUT2D eigenvalue weighted by atomic mass is 16.5. The Labute approximate surface area is 140 Å². The molecule has 124 valence electrons. The van der Waals surface area contributed by atoms with Gasteiger partial charge in [0.05, 0.1) is 7.11 Å². The van der Waals surface area contributed by atoms with Crippen LogP contribution in [0.15, 0.2) is 54.6 Å². The van der Waals surface area contributed by atoms with Gasteiger partial charge in [-0.15, -0.1) is 0 Å². The molecule has 0 spiro atoms. The van der Waals surface area contributed by atoms with Gasteiger partial charge in [0.1, 0.15) is 5.75 Å². The first-order chi connectivity index (χ1) is 11.6. The van der Waals surface area contributed by atoms with E-state index in [-0.39, 0.29) is 6.61 Å². The van der Waals surface area contributed by atoms with Crippen LogP contribution in [0.5, 0.6) is 5.75 Å². The van der Waals surface area contributed by atoms with Crippen LogP contribution >= 0.6 is 0 Å². The molecule has 2 aromatic rings. The molecule has 0 saturated heterocycles. The largest absolute Gasteiger partial charge is 0.497 e. The molecule has 0 aliphatic carbocycles. The molecular formula is C19H19NO4. The van der Waals surface area contributed by atoms with Crippen molar-refractivity contribution in [1.82, 2.24) is 0 Å². The van der Waals surface area contributed by atoms with Crippen molar-refractivity contribution in [2.75, 3.05) is 19.0 Å². The number of nitrogens with one attached hydrogen (secondary N) is 1. The third-order valence-electron chi connectivity index (χ3n) is 3.21. The van der Waals surface area contributed by atoms with Crippen molar-refractivity contribution in [2.24, 2.45) is 0 Å². The minimum atomic E-state index is -0.569. The van der Waals surface area contributed by atoms with Gasteiger partial charge in [0, 0.05) is 11.8 Å². The van der Waals surface area contributed by atoms with E-state index in [2.05, 4.69) is 5.32 Å². The Hall–Kier alpha value is -3.08. The molecule has 0 aromatic heterocycles. The van der Waals surface area contributed by atoms with Gasteiger partial charge in [0.15, 0.2) is 6.61 Å². The molecule has 0 fully saturated rings. The standard InChI is InChI=1S/C19H19NO4/c1-14-3-5-15(6-4-14)7-12-19(22)24-13-18(21)20-16-8-10-17(23-2)11-9-16/h3-12H,13H2,1-2H3,(H,20,21). The summed E-state index contributed by atoms with van der Waals surface area (Å²) in [7, 11) is 1.57. The van der Waals surface area contributed by atoms with E-state index in [0.717, 1.165) is 11.1 Å². The van der Waals surface area contributed by atoms with Gasteiger partial charge < -0.3 is 14.8 Å². The van der Waals surface area contributed by atoms with Crippen LogP contribution < -0.4 is 10.1 Å². The number of benzene rings is 2. The van der Waals surface area contributed by atoms with E-state index in [0.29, 0.717) is 11.4 Å². The number of rotatable bonds is 6. The zero-order valence-electron chi connectivity index (χ0n) is 13.6. The Kier molecular flexibility index (Phi) is 6.14. The molecule has 0 heterocycles. The Balaban J connectivity index is 1.78. The predicted molar refractivity (Wildman–Crippen MR) is 92.8 cm³/mol. The summed E-state index contributed by atoms with van der Waals surface area (Å²) < 4.78 is 9.94. The molecule has 5 nitrogen and oxygen atoms in total. The zero-order valence-corrected chi connectivity index (χ0v) is 13.6. The predicted octanol–water partition coefficient (Wildman–Crippen LogP) is 3.20. The van der Waals surface area contributed by atoms with E-state index in [4.69, 9.17) is 9.47 Å². The van der Waals surface area contributed by atoms with Crippen LogP contribution in [-0.4, -0.2) is 25.6 Å². The van der Waals surface area contributed by atoms with Crippen molar-refractivity contribution < 1.29 is 19.1 Å².